The molecule has 5 heteroatoms. The predicted octanol–water partition coefficient (Wildman–Crippen LogP) is 0.210. The fourth-order valence-corrected chi connectivity index (χ4v) is 0.722. The number of nitrogens with one attached hydrogen (secondary N) is 1. The second-order valence-electron chi connectivity index (χ2n) is 2.13. The molecule has 0 saturated heterocycles. The van der Waals surface area contributed by atoms with Crippen molar-refractivity contribution < 1.29 is 9.59 Å². The molecule has 0 aliphatic carbocycles. The molecule has 0 amide bonds. The molecule has 0 bridgehead atoms. The van der Waals surface area contributed by atoms with Gasteiger partial charge in [0.15, 0.2) is 23.0 Å². The number of Topliss-reactive ketones (excluding diaryl/α,β-unsaturated/α-hetero) is 2. The summed E-state index contributed by atoms with van der Waals surface area (Å²) in [7, 11) is 0. The molecular formula is C6H7N3O2. The van der Waals surface area contributed by atoms with Gasteiger partial charge >= 0.3 is 0 Å². The molecule has 11 heavy (non-hydrogen) atoms. The molecular weight excluding hydrogens is 146 g/mol. The Morgan fingerprint density at radius 2 is 1.45 bits per heavy atom. The number of hydrogen-bond acceptors (Lipinski definition) is 4. The molecule has 5 nitrogen and oxygen atoms in total. The van der Waals surface area contributed by atoms with E-state index in [-0.39, 0.29) is 23.0 Å². The number of rotatable bonds is 2. The van der Waals surface area contributed by atoms with Gasteiger partial charge in [-0.15, -0.1) is 0 Å². The zero-order valence-corrected chi connectivity index (χ0v) is 6.21. The van der Waals surface area contributed by atoms with Crippen molar-refractivity contribution in [2.45, 2.75) is 13.8 Å². The van der Waals surface area contributed by atoms with Crippen molar-refractivity contribution in [3.63, 3.8) is 0 Å². The molecule has 1 N–H and O–H groups in total. The van der Waals surface area contributed by atoms with Gasteiger partial charge in [-0.05, 0) is 0 Å². The van der Waals surface area contributed by atoms with E-state index in [0.717, 1.165) is 0 Å². The Kier molecular flexibility index (Phi) is 1.80. The molecule has 0 spiro atoms. The van der Waals surface area contributed by atoms with Gasteiger partial charge in [-0.25, -0.2) is 0 Å². The van der Waals surface area contributed by atoms with Crippen molar-refractivity contribution in [2.75, 3.05) is 0 Å². The fraction of sp³-hybridized carbons (Fsp3) is 0.333. The number of nitrogens with zero attached hydrogens (tertiary/aromatic N) is 2. The van der Waals surface area contributed by atoms with Crippen molar-refractivity contribution in [1.29, 1.82) is 0 Å². The number of ketones is 2. The van der Waals surface area contributed by atoms with Crippen LogP contribution in [0.15, 0.2) is 0 Å². The van der Waals surface area contributed by atoms with Crippen molar-refractivity contribution in [3.8, 4) is 0 Å². The molecule has 0 aromatic carbocycles. The van der Waals surface area contributed by atoms with Crippen LogP contribution in [-0.2, 0) is 0 Å². The van der Waals surface area contributed by atoms with E-state index in [1.165, 1.54) is 13.8 Å². The van der Waals surface area contributed by atoms with Crippen molar-refractivity contribution in [1.82, 2.24) is 15.4 Å². The molecule has 1 heterocycles. The molecule has 0 aliphatic rings. The van der Waals surface area contributed by atoms with Crippen LogP contribution in [0.25, 0.3) is 0 Å². The molecule has 0 saturated carbocycles. The van der Waals surface area contributed by atoms with Crippen LogP contribution in [0.4, 0.5) is 0 Å². The summed E-state index contributed by atoms with van der Waals surface area (Å²) in [5.41, 5.74) is 0.218. The summed E-state index contributed by atoms with van der Waals surface area (Å²) >= 11 is 0. The van der Waals surface area contributed by atoms with Gasteiger partial charge in [-0.3, -0.25) is 9.59 Å². The van der Waals surface area contributed by atoms with E-state index in [9.17, 15) is 9.59 Å². The SMILES string of the molecule is CC(=O)c1n[nH]nc1C(C)=O. The number of aromatic amines is 1. The maximum absolute atomic E-state index is 10.8. The third-order valence-electron chi connectivity index (χ3n) is 1.21. The minimum absolute atomic E-state index is 0.109. The van der Waals surface area contributed by atoms with Gasteiger partial charge in [-0.1, -0.05) is 0 Å². The van der Waals surface area contributed by atoms with Crippen LogP contribution in [0.1, 0.15) is 34.8 Å². The highest BCUT2D eigenvalue weighted by Gasteiger charge is 2.15. The van der Waals surface area contributed by atoms with Crippen LogP contribution in [-0.4, -0.2) is 27.0 Å². The van der Waals surface area contributed by atoms with Gasteiger partial charge in [0, 0.05) is 13.8 Å². The van der Waals surface area contributed by atoms with E-state index in [1.54, 1.807) is 0 Å². The highest BCUT2D eigenvalue weighted by atomic mass is 16.1. The third kappa shape index (κ3) is 1.31. The van der Waals surface area contributed by atoms with Crippen LogP contribution < -0.4 is 0 Å². The Hall–Kier alpha value is -1.52. The summed E-state index contributed by atoms with van der Waals surface area (Å²) < 4.78 is 0. The molecule has 0 unspecified atom stereocenters. The van der Waals surface area contributed by atoms with E-state index in [2.05, 4.69) is 15.4 Å². The lowest BCUT2D eigenvalue weighted by Gasteiger charge is -1.87. The summed E-state index contributed by atoms with van der Waals surface area (Å²) in [5, 5.41) is 9.28. The summed E-state index contributed by atoms with van der Waals surface area (Å²) in [6, 6.07) is 0. The molecule has 0 atom stereocenters. The second-order valence-corrected chi connectivity index (χ2v) is 2.13. The summed E-state index contributed by atoms with van der Waals surface area (Å²) in [4.78, 5) is 21.5. The molecule has 58 valence electrons. The third-order valence-corrected chi connectivity index (χ3v) is 1.21. The Bertz CT molecular complexity index is 274. The Balaban J connectivity index is 3.16. The lowest BCUT2D eigenvalue weighted by Crippen LogP contribution is -2.02. The van der Waals surface area contributed by atoms with Crippen LogP contribution in [0.2, 0.25) is 0 Å². The Labute approximate surface area is 62.8 Å². The molecule has 0 fully saturated rings. The quantitative estimate of drug-likeness (QED) is 0.616. The van der Waals surface area contributed by atoms with E-state index in [1.807, 2.05) is 0 Å². The van der Waals surface area contributed by atoms with Gasteiger partial charge in [0.1, 0.15) is 0 Å². The highest BCUT2D eigenvalue weighted by molar-refractivity contribution is 6.04. The molecule has 1 rings (SSSR count). The average Bonchev–Trinajstić information content (AvgIpc) is 2.32. The number of carbonyl (C=O) groups excluding carboxylic acids is 2. The number of H-pyrrole nitrogens is 1. The minimum Gasteiger partial charge on any atom is -0.293 e. The first kappa shape index (κ1) is 7.59. The first-order valence-electron chi connectivity index (χ1n) is 3.05. The van der Waals surface area contributed by atoms with Gasteiger partial charge in [-0.2, -0.15) is 15.4 Å². The van der Waals surface area contributed by atoms with E-state index >= 15 is 0 Å². The zero-order valence-electron chi connectivity index (χ0n) is 6.21. The van der Waals surface area contributed by atoms with Crippen LogP contribution >= 0.6 is 0 Å². The minimum atomic E-state index is -0.260. The van der Waals surface area contributed by atoms with Crippen LogP contribution in [0, 0.1) is 0 Å². The number of hydrogen-bond donors (Lipinski definition) is 1. The Morgan fingerprint density at radius 1 is 1.09 bits per heavy atom. The molecule has 1 aromatic heterocycles. The standard InChI is InChI=1S/C6H7N3O2/c1-3(10)5-6(4(2)11)8-9-7-5/h1-2H3,(H,7,8,9). The molecule has 0 aliphatic heterocycles. The smallest absolute Gasteiger partial charge is 0.182 e. The van der Waals surface area contributed by atoms with Gasteiger partial charge in [0.2, 0.25) is 0 Å². The van der Waals surface area contributed by atoms with Crippen molar-refractivity contribution >= 4 is 11.6 Å². The lowest BCUT2D eigenvalue weighted by atomic mass is 10.2. The average molecular weight is 153 g/mol. The summed E-state index contributed by atoms with van der Waals surface area (Å²) in [6.45, 7) is 2.68. The van der Waals surface area contributed by atoms with E-state index < -0.39 is 0 Å². The summed E-state index contributed by atoms with van der Waals surface area (Å²) in [6.07, 6.45) is 0. The van der Waals surface area contributed by atoms with Crippen LogP contribution in [0.3, 0.4) is 0 Å². The Morgan fingerprint density at radius 3 is 1.73 bits per heavy atom. The van der Waals surface area contributed by atoms with E-state index in [0.29, 0.717) is 0 Å². The predicted molar refractivity (Wildman–Crippen MR) is 36.4 cm³/mol. The van der Waals surface area contributed by atoms with Crippen LogP contribution in [0.5, 0.6) is 0 Å². The van der Waals surface area contributed by atoms with Gasteiger partial charge < -0.3 is 0 Å². The lowest BCUT2D eigenvalue weighted by molar-refractivity contribution is 0.0976. The largest absolute Gasteiger partial charge is 0.293 e. The normalized spacial score (nSPS) is 9.64. The second kappa shape index (κ2) is 2.61. The van der Waals surface area contributed by atoms with E-state index in [4.69, 9.17) is 0 Å². The molecule has 0 radical (unpaired) electrons. The van der Waals surface area contributed by atoms with Crippen molar-refractivity contribution in [3.05, 3.63) is 11.4 Å². The fourth-order valence-electron chi connectivity index (χ4n) is 0.722. The van der Waals surface area contributed by atoms with Gasteiger partial charge in [0.05, 0.1) is 0 Å². The van der Waals surface area contributed by atoms with Gasteiger partial charge in [0.25, 0.3) is 0 Å². The maximum atomic E-state index is 10.8. The molecule has 1 aromatic rings. The zero-order chi connectivity index (χ0) is 8.43. The maximum Gasteiger partial charge on any atom is 0.182 e. The summed E-state index contributed by atoms with van der Waals surface area (Å²) in [5.74, 6) is -0.520. The highest BCUT2D eigenvalue weighted by Crippen LogP contribution is 2.01. The number of carbonyl (C=O) groups is 2. The number of aromatic nitrogens is 3. The topological polar surface area (TPSA) is 75.7 Å². The monoisotopic (exact) mass is 153 g/mol. The first-order valence-corrected chi connectivity index (χ1v) is 3.05. The first-order chi connectivity index (χ1) is 5.13. The van der Waals surface area contributed by atoms with Crippen molar-refractivity contribution in [2.24, 2.45) is 0 Å².